The van der Waals surface area contributed by atoms with Crippen molar-refractivity contribution >= 4 is 5.91 Å². The zero-order valence-corrected chi connectivity index (χ0v) is 14.4. The molecule has 0 aliphatic carbocycles. The van der Waals surface area contributed by atoms with E-state index in [1.54, 1.807) is 7.11 Å². The van der Waals surface area contributed by atoms with Gasteiger partial charge < -0.3 is 14.8 Å². The Balaban J connectivity index is 1.85. The summed E-state index contributed by atoms with van der Waals surface area (Å²) in [5.74, 6) is 1.42. The van der Waals surface area contributed by atoms with E-state index in [9.17, 15) is 4.79 Å². The molecule has 24 heavy (non-hydrogen) atoms. The van der Waals surface area contributed by atoms with E-state index in [1.807, 2.05) is 73.6 Å². The molecular weight excluding hydrogens is 304 g/mol. The van der Waals surface area contributed by atoms with E-state index in [2.05, 4.69) is 5.32 Å². The summed E-state index contributed by atoms with van der Waals surface area (Å²) >= 11 is 0. The summed E-state index contributed by atoms with van der Waals surface area (Å²) in [7, 11) is 5.40. The number of rotatable bonds is 8. The van der Waals surface area contributed by atoms with Crippen molar-refractivity contribution < 1.29 is 14.3 Å². The maximum absolute atomic E-state index is 12.5. The summed E-state index contributed by atoms with van der Waals surface area (Å²) in [5.41, 5.74) is 0.966. The maximum atomic E-state index is 12.5. The van der Waals surface area contributed by atoms with Crippen LogP contribution in [-0.4, -0.2) is 45.2 Å². The average Bonchev–Trinajstić information content (AvgIpc) is 2.60. The average molecular weight is 328 g/mol. The fourth-order valence-corrected chi connectivity index (χ4v) is 2.45. The standard InChI is InChI=1S/C19H24N2O3/c1-21(2)18(15-8-5-4-6-9-15)19(22)20-12-13-24-17-11-7-10-16(14-17)23-3/h4-11,14,18H,12-13H2,1-3H3,(H,20,22)/t18-/m1/s1. The van der Waals surface area contributed by atoms with Crippen LogP contribution >= 0.6 is 0 Å². The SMILES string of the molecule is COc1cccc(OCCNC(=O)[C@@H](c2ccccc2)N(C)C)c1. The second-order valence-electron chi connectivity index (χ2n) is 5.60. The van der Waals surface area contributed by atoms with Crippen LogP contribution in [0.25, 0.3) is 0 Å². The molecule has 0 aromatic heterocycles. The number of methoxy groups -OCH3 is 1. The fourth-order valence-electron chi connectivity index (χ4n) is 2.45. The van der Waals surface area contributed by atoms with Crippen LogP contribution in [0.2, 0.25) is 0 Å². The molecule has 0 heterocycles. The van der Waals surface area contributed by atoms with Gasteiger partial charge in [-0.15, -0.1) is 0 Å². The Labute approximate surface area is 143 Å². The maximum Gasteiger partial charge on any atom is 0.242 e. The van der Waals surface area contributed by atoms with Crippen LogP contribution in [0.1, 0.15) is 11.6 Å². The number of nitrogens with zero attached hydrogens (tertiary/aromatic N) is 1. The second kappa shape index (κ2) is 8.93. The van der Waals surface area contributed by atoms with E-state index in [-0.39, 0.29) is 11.9 Å². The third-order valence-electron chi connectivity index (χ3n) is 3.59. The van der Waals surface area contributed by atoms with Gasteiger partial charge in [-0.3, -0.25) is 9.69 Å². The van der Waals surface area contributed by atoms with Crippen molar-refractivity contribution in [2.75, 3.05) is 34.4 Å². The molecule has 0 saturated heterocycles. The van der Waals surface area contributed by atoms with Crippen LogP contribution in [0, 0.1) is 0 Å². The summed E-state index contributed by atoms with van der Waals surface area (Å²) in [6.45, 7) is 0.834. The number of amides is 1. The molecule has 1 N–H and O–H groups in total. The molecule has 128 valence electrons. The van der Waals surface area contributed by atoms with Gasteiger partial charge in [-0.1, -0.05) is 36.4 Å². The molecule has 0 radical (unpaired) electrons. The lowest BCUT2D eigenvalue weighted by Crippen LogP contribution is -2.38. The first-order valence-electron chi connectivity index (χ1n) is 7.87. The molecular formula is C19H24N2O3. The molecule has 0 aliphatic heterocycles. The molecule has 0 saturated carbocycles. The van der Waals surface area contributed by atoms with Crippen molar-refractivity contribution in [2.24, 2.45) is 0 Å². The predicted octanol–water partition coefficient (Wildman–Crippen LogP) is 2.49. The summed E-state index contributed by atoms with van der Waals surface area (Å²) in [6.07, 6.45) is 0. The van der Waals surface area contributed by atoms with Gasteiger partial charge in [-0.05, 0) is 31.8 Å². The number of hydrogen-bond acceptors (Lipinski definition) is 4. The minimum Gasteiger partial charge on any atom is -0.497 e. The number of carbonyl (C=O) groups excluding carboxylic acids is 1. The van der Waals surface area contributed by atoms with Crippen LogP contribution in [0.15, 0.2) is 54.6 Å². The van der Waals surface area contributed by atoms with Crippen LogP contribution in [0.5, 0.6) is 11.5 Å². The summed E-state index contributed by atoms with van der Waals surface area (Å²) in [6, 6.07) is 16.8. The molecule has 0 fully saturated rings. The van der Waals surface area contributed by atoms with E-state index in [0.29, 0.717) is 13.2 Å². The van der Waals surface area contributed by atoms with E-state index >= 15 is 0 Å². The lowest BCUT2D eigenvalue weighted by atomic mass is 10.1. The number of likely N-dealkylation sites (N-methyl/N-ethyl adjacent to an activating group) is 1. The Bertz CT molecular complexity index is 644. The van der Waals surface area contributed by atoms with Gasteiger partial charge in [0, 0.05) is 6.07 Å². The van der Waals surface area contributed by atoms with E-state index < -0.39 is 0 Å². The highest BCUT2D eigenvalue weighted by molar-refractivity contribution is 5.83. The normalized spacial score (nSPS) is 11.8. The van der Waals surface area contributed by atoms with Crippen molar-refractivity contribution in [1.29, 1.82) is 0 Å². The molecule has 1 amide bonds. The topological polar surface area (TPSA) is 50.8 Å². The first kappa shape index (κ1) is 17.8. The highest BCUT2D eigenvalue weighted by Crippen LogP contribution is 2.19. The van der Waals surface area contributed by atoms with Crippen molar-refractivity contribution in [3.63, 3.8) is 0 Å². The molecule has 0 unspecified atom stereocenters. The highest BCUT2D eigenvalue weighted by atomic mass is 16.5. The van der Waals surface area contributed by atoms with Crippen LogP contribution in [0.3, 0.4) is 0 Å². The molecule has 2 aromatic carbocycles. The van der Waals surface area contributed by atoms with Gasteiger partial charge >= 0.3 is 0 Å². The van der Waals surface area contributed by atoms with Gasteiger partial charge in [0.2, 0.25) is 5.91 Å². The first-order valence-corrected chi connectivity index (χ1v) is 7.87. The Hall–Kier alpha value is -2.53. The van der Waals surface area contributed by atoms with Crippen LogP contribution in [-0.2, 0) is 4.79 Å². The smallest absolute Gasteiger partial charge is 0.242 e. The van der Waals surface area contributed by atoms with Gasteiger partial charge in [-0.25, -0.2) is 0 Å². The molecule has 0 bridgehead atoms. The van der Waals surface area contributed by atoms with Crippen molar-refractivity contribution in [2.45, 2.75) is 6.04 Å². The van der Waals surface area contributed by atoms with Crippen molar-refractivity contribution in [1.82, 2.24) is 10.2 Å². The molecule has 5 heteroatoms. The summed E-state index contributed by atoms with van der Waals surface area (Å²) in [5, 5.41) is 2.92. The Morgan fingerprint density at radius 2 is 1.79 bits per heavy atom. The summed E-state index contributed by atoms with van der Waals surface area (Å²) < 4.78 is 10.8. The highest BCUT2D eigenvalue weighted by Gasteiger charge is 2.22. The second-order valence-corrected chi connectivity index (χ2v) is 5.60. The van der Waals surface area contributed by atoms with Crippen LogP contribution < -0.4 is 14.8 Å². The van der Waals surface area contributed by atoms with Gasteiger partial charge in [-0.2, -0.15) is 0 Å². The number of hydrogen-bond donors (Lipinski definition) is 1. The third kappa shape index (κ3) is 4.99. The lowest BCUT2D eigenvalue weighted by Gasteiger charge is -2.23. The number of benzene rings is 2. The Kier molecular flexibility index (Phi) is 6.63. The molecule has 0 aliphatic rings. The van der Waals surface area contributed by atoms with Gasteiger partial charge in [0.05, 0.1) is 13.7 Å². The van der Waals surface area contributed by atoms with Crippen molar-refractivity contribution in [3.8, 4) is 11.5 Å². The Morgan fingerprint density at radius 1 is 1.08 bits per heavy atom. The van der Waals surface area contributed by atoms with Gasteiger partial charge in [0.25, 0.3) is 0 Å². The van der Waals surface area contributed by atoms with Gasteiger partial charge in [0.15, 0.2) is 0 Å². The molecule has 0 spiro atoms. The zero-order valence-electron chi connectivity index (χ0n) is 14.4. The van der Waals surface area contributed by atoms with Crippen LogP contribution in [0.4, 0.5) is 0 Å². The largest absolute Gasteiger partial charge is 0.497 e. The first-order chi connectivity index (χ1) is 11.6. The number of carbonyl (C=O) groups is 1. The molecule has 2 rings (SSSR count). The minimum absolute atomic E-state index is 0.0413. The van der Waals surface area contributed by atoms with Crippen molar-refractivity contribution in [3.05, 3.63) is 60.2 Å². The Morgan fingerprint density at radius 3 is 2.46 bits per heavy atom. The zero-order chi connectivity index (χ0) is 17.4. The number of ether oxygens (including phenoxy) is 2. The minimum atomic E-state index is -0.317. The molecule has 1 atom stereocenters. The van der Waals surface area contributed by atoms with E-state index in [0.717, 1.165) is 17.1 Å². The third-order valence-corrected chi connectivity index (χ3v) is 3.59. The number of nitrogens with one attached hydrogen (secondary N) is 1. The monoisotopic (exact) mass is 328 g/mol. The van der Waals surface area contributed by atoms with E-state index in [4.69, 9.17) is 9.47 Å². The molecule has 5 nitrogen and oxygen atoms in total. The molecule has 2 aromatic rings. The summed E-state index contributed by atoms with van der Waals surface area (Å²) in [4.78, 5) is 14.4. The fraction of sp³-hybridized carbons (Fsp3) is 0.316. The predicted molar refractivity (Wildman–Crippen MR) is 94.4 cm³/mol. The lowest BCUT2D eigenvalue weighted by molar-refractivity contribution is -0.125. The van der Waals surface area contributed by atoms with E-state index in [1.165, 1.54) is 0 Å². The quantitative estimate of drug-likeness (QED) is 0.757. The van der Waals surface area contributed by atoms with Gasteiger partial charge in [0.1, 0.15) is 24.1 Å².